The number of halogens is 2. The molecule has 2 N–H and O–H groups in total. The van der Waals surface area contributed by atoms with Crippen molar-refractivity contribution >= 4 is 47.6 Å². The van der Waals surface area contributed by atoms with Gasteiger partial charge in [-0.3, -0.25) is 4.99 Å². The van der Waals surface area contributed by atoms with Gasteiger partial charge in [-0.05, 0) is 38.5 Å². The highest BCUT2D eigenvalue weighted by molar-refractivity contribution is 14.0. The van der Waals surface area contributed by atoms with Crippen LogP contribution in [0.4, 0.5) is 4.79 Å². The Kier molecular flexibility index (Phi) is 10.8. The molecule has 0 heterocycles. The van der Waals surface area contributed by atoms with Gasteiger partial charge in [-0.25, -0.2) is 4.79 Å². The smallest absolute Gasteiger partial charge is 0.407 e. The first kappa shape index (κ1) is 23.8. The lowest BCUT2D eigenvalue weighted by Gasteiger charge is -2.23. The summed E-state index contributed by atoms with van der Waals surface area (Å²) in [4.78, 5) is 17.8. The topological polar surface area (TPSA) is 66.0 Å². The number of hydrogen-bond donors (Lipinski definition) is 2. The van der Waals surface area contributed by atoms with Gasteiger partial charge < -0.3 is 20.3 Å². The zero-order chi connectivity index (χ0) is 18.2. The Morgan fingerprint density at radius 3 is 2.28 bits per heavy atom. The first-order valence-corrected chi connectivity index (χ1v) is 8.22. The summed E-state index contributed by atoms with van der Waals surface area (Å²) in [6, 6.07) is 7.70. The minimum atomic E-state index is -0.494. The first-order valence-electron chi connectivity index (χ1n) is 7.84. The van der Waals surface area contributed by atoms with Crippen molar-refractivity contribution in [2.45, 2.75) is 32.9 Å². The average molecular weight is 483 g/mol. The Hall–Kier alpha value is -1.22. The van der Waals surface area contributed by atoms with Crippen LogP contribution in [0.5, 0.6) is 0 Å². The Balaban J connectivity index is 0.00000576. The molecule has 0 unspecified atom stereocenters. The van der Waals surface area contributed by atoms with E-state index >= 15 is 0 Å². The number of alkyl carbamates (subject to hydrolysis) is 1. The fourth-order valence-electron chi connectivity index (χ4n) is 1.98. The van der Waals surface area contributed by atoms with Crippen LogP contribution in [0.3, 0.4) is 0 Å². The molecule has 6 nitrogen and oxygen atoms in total. The Labute approximate surface area is 172 Å². The van der Waals surface area contributed by atoms with Gasteiger partial charge in [0.05, 0.1) is 0 Å². The summed E-state index contributed by atoms with van der Waals surface area (Å²) in [5, 5.41) is 6.62. The fourth-order valence-corrected chi connectivity index (χ4v) is 2.10. The van der Waals surface area contributed by atoms with Crippen molar-refractivity contribution in [3.05, 3.63) is 34.9 Å². The minimum Gasteiger partial charge on any atom is -0.444 e. The summed E-state index contributed by atoms with van der Waals surface area (Å²) in [6.07, 6.45) is -0.422. The molecule has 0 aliphatic rings. The van der Waals surface area contributed by atoms with E-state index in [1.54, 1.807) is 7.05 Å². The zero-order valence-corrected chi connectivity index (χ0v) is 18.5. The van der Waals surface area contributed by atoms with E-state index in [2.05, 4.69) is 15.6 Å². The molecule has 25 heavy (non-hydrogen) atoms. The second kappa shape index (κ2) is 11.4. The number of hydrogen-bond acceptors (Lipinski definition) is 3. The van der Waals surface area contributed by atoms with E-state index < -0.39 is 11.7 Å². The number of nitrogens with zero attached hydrogens (tertiary/aromatic N) is 2. The normalized spacial score (nSPS) is 11.4. The van der Waals surface area contributed by atoms with Gasteiger partial charge in [0.25, 0.3) is 0 Å². The molecule has 0 radical (unpaired) electrons. The Morgan fingerprint density at radius 1 is 1.20 bits per heavy atom. The monoisotopic (exact) mass is 482 g/mol. The summed E-state index contributed by atoms with van der Waals surface area (Å²) in [7, 11) is 3.67. The summed E-state index contributed by atoms with van der Waals surface area (Å²) in [5.41, 5.74) is 0.642. The highest BCUT2D eigenvalue weighted by Gasteiger charge is 2.15. The van der Waals surface area contributed by atoms with E-state index in [0.29, 0.717) is 19.6 Å². The van der Waals surface area contributed by atoms with Crippen LogP contribution in [0.2, 0.25) is 5.02 Å². The molecule has 0 aliphatic carbocycles. The lowest BCUT2D eigenvalue weighted by Crippen LogP contribution is -2.43. The molecule has 0 spiro atoms. The van der Waals surface area contributed by atoms with Gasteiger partial charge in [0, 0.05) is 38.8 Å². The number of guanidine groups is 1. The molecule has 0 atom stereocenters. The van der Waals surface area contributed by atoms with Gasteiger partial charge in [-0.1, -0.05) is 23.7 Å². The summed E-state index contributed by atoms with van der Waals surface area (Å²) in [6.45, 7) is 7.20. The second-order valence-electron chi connectivity index (χ2n) is 6.39. The van der Waals surface area contributed by atoms with E-state index in [1.807, 2.05) is 57.0 Å². The van der Waals surface area contributed by atoms with E-state index in [0.717, 1.165) is 16.5 Å². The molecule has 0 fully saturated rings. The molecule has 0 saturated heterocycles. The minimum absolute atomic E-state index is 0. The third-order valence-electron chi connectivity index (χ3n) is 2.98. The maximum absolute atomic E-state index is 11.6. The average Bonchev–Trinajstić information content (AvgIpc) is 2.47. The standard InChI is InChI=1S/C17H27ClN4O2.HI/c1-17(2,3)24-16(23)21-11-10-20-15(19-4)22(5)12-13-6-8-14(18)9-7-13;/h6-9H,10-12H2,1-5H3,(H,19,20)(H,21,23);1H. The number of amides is 1. The molecule has 0 aliphatic heterocycles. The Bertz CT molecular complexity index is 559. The lowest BCUT2D eigenvalue weighted by atomic mass is 10.2. The Morgan fingerprint density at radius 2 is 1.76 bits per heavy atom. The maximum atomic E-state index is 11.6. The molecule has 1 aromatic carbocycles. The molecule has 1 aromatic rings. The molecule has 0 aromatic heterocycles. The van der Waals surface area contributed by atoms with Crippen LogP contribution in [0, 0.1) is 0 Å². The third kappa shape index (κ3) is 10.4. The van der Waals surface area contributed by atoms with Crippen molar-refractivity contribution in [2.75, 3.05) is 27.2 Å². The van der Waals surface area contributed by atoms with Crippen LogP contribution in [0.15, 0.2) is 29.3 Å². The van der Waals surface area contributed by atoms with Crippen LogP contribution in [0.25, 0.3) is 0 Å². The van der Waals surface area contributed by atoms with Crippen molar-refractivity contribution in [3.63, 3.8) is 0 Å². The van der Waals surface area contributed by atoms with E-state index in [4.69, 9.17) is 16.3 Å². The summed E-state index contributed by atoms with van der Waals surface area (Å²) < 4.78 is 5.18. The number of carbonyl (C=O) groups is 1. The molecule has 0 saturated carbocycles. The van der Waals surface area contributed by atoms with Gasteiger partial charge in [-0.2, -0.15) is 0 Å². The van der Waals surface area contributed by atoms with Gasteiger partial charge in [0.1, 0.15) is 5.60 Å². The van der Waals surface area contributed by atoms with E-state index in [1.165, 1.54) is 0 Å². The van der Waals surface area contributed by atoms with E-state index in [9.17, 15) is 4.79 Å². The number of rotatable bonds is 5. The molecule has 142 valence electrons. The number of benzene rings is 1. The van der Waals surface area contributed by atoms with Gasteiger partial charge in [0.2, 0.25) is 0 Å². The predicted molar refractivity (Wildman–Crippen MR) is 114 cm³/mol. The first-order chi connectivity index (χ1) is 11.2. The molecule has 1 rings (SSSR count). The fraction of sp³-hybridized carbons (Fsp3) is 0.529. The quantitative estimate of drug-likeness (QED) is 0.292. The molecular formula is C17H28ClIN4O2. The number of ether oxygens (including phenoxy) is 1. The number of carbonyl (C=O) groups excluding carboxylic acids is 1. The summed E-state index contributed by atoms with van der Waals surface area (Å²) >= 11 is 5.89. The van der Waals surface area contributed by atoms with Crippen molar-refractivity contribution < 1.29 is 9.53 Å². The van der Waals surface area contributed by atoms with Crippen molar-refractivity contribution in [1.82, 2.24) is 15.5 Å². The van der Waals surface area contributed by atoms with E-state index in [-0.39, 0.29) is 24.0 Å². The van der Waals surface area contributed by atoms with Crippen molar-refractivity contribution in [1.29, 1.82) is 0 Å². The molecule has 8 heteroatoms. The predicted octanol–water partition coefficient (Wildman–Crippen LogP) is 3.49. The summed E-state index contributed by atoms with van der Waals surface area (Å²) in [5.74, 6) is 0.746. The van der Waals surface area contributed by atoms with Crippen molar-refractivity contribution in [3.8, 4) is 0 Å². The van der Waals surface area contributed by atoms with Crippen LogP contribution in [-0.2, 0) is 11.3 Å². The van der Waals surface area contributed by atoms with Crippen LogP contribution >= 0.6 is 35.6 Å². The number of nitrogens with one attached hydrogen (secondary N) is 2. The van der Waals surface area contributed by atoms with Crippen LogP contribution in [0.1, 0.15) is 26.3 Å². The van der Waals surface area contributed by atoms with Crippen LogP contribution < -0.4 is 10.6 Å². The maximum Gasteiger partial charge on any atom is 0.407 e. The molecule has 1 amide bonds. The highest BCUT2D eigenvalue weighted by atomic mass is 127. The van der Waals surface area contributed by atoms with Gasteiger partial charge in [-0.15, -0.1) is 24.0 Å². The van der Waals surface area contributed by atoms with Crippen LogP contribution in [-0.4, -0.2) is 49.7 Å². The lowest BCUT2D eigenvalue weighted by molar-refractivity contribution is 0.0529. The van der Waals surface area contributed by atoms with Crippen molar-refractivity contribution in [2.24, 2.45) is 4.99 Å². The van der Waals surface area contributed by atoms with Gasteiger partial charge >= 0.3 is 6.09 Å². The zero-order valence-electron chi connectivity index (χ0n) is 15.4. The number of aliphatic imine (C=N–C) groups is 1. The SMILES string of the molecule is CN=C(NCCNC(=O)OC(C)(C)C)N(C)Cc1ccc(Cl)cc1.I. The molecule has 0 bridgehead atoms. The largest absolute Gasteiger partial charge is 0.444 e. The molecular weight excluding hydrogens is 455 g/mol. The second-order valence-corrected chi connectivity index (χ2v) is 6.82. The highest BCUT2D eigenvalue weighted by Crippen LogP contribution is 2.11. The third-order valence-corrected chi connectivity index (χ3v) is 3.23. The van der Waals surface area contributed by atoms with Gasteiger partial charge in [0.15, 0.2) is 5.96 Å².